The second kappa shape index (κ2) is 5.01. The van der Waals surface area contributed by atoms with Crippen LogP contribution in [0.1, 0.15) is 31.7 Å². The van der Waals surface area contributed by atoms with Crippen LogP contribution in [-0.2, 0) is 0 Å². The van der Waals surface area contributed by atoms with Crippen LogP contribution >= 0.6 is 0 Å². The van der Waals surface area contributed by atoms with Gasteiger partial charge in [-0.1, -0.05) is 0 Å². The first kappa shape index (κ1) is 12.2. The van der Waals surface area contributed by atoms with Crippen molar-refractivity contribution in [2.24, 2.45) is 0 Å². The lowest BCUT2D eigenvalue weighted by atomic mass is 9.92. The molecule has 0 bridgehead atoms. The van der Waals surface area contributed by atoms with Gasteiger partial charge in [0.1, 0.15) is 5.82 Å². The summed E-state index contributed by atoms with van der Waals surface area (Å²) in [5, 5.41) is 9.60. The van der Waals surface area contributed by atoms with Crippen LogP contribution in [0.4, 0.5) is 5.82 Å². The van der Waals surface area contributed by atoms with Gasteiger partial charge in [0.2, 0.25) is 0 Å². The van der Waals surface area contributed by atoms with Gasteiger partial charge < -0.3 is 15.4 Å². The smallest absolute Gasteiger partial charge is 0.123 e. The van der Waals surface area contributed by atoms with Gasteiger partial charge in [0.15, 0.2) is 0 Å². The standard InChI is InChI=1S/C14H18N4O/c15-14-7-10(5-6-17-14)13-8-16-9-18(13)11-1-3-12(19)4-2-11/h5-9,11-12,19H,1-4H2,(H2,15,17). The molecule has 3 rings (SSSR count). The van der Waals surface area contributed by atoms with Gasteiger partial charge in [0, 0.05) is 17.8 Å². The molecule has 2 heterocycles. The lowest BCUT2D eigenvalue weighted by Crippen LogP contribution is -2.21. The molecule has 0 spiro atoms. The van der Waals surface area contributed by atoms with Crippen molar-refractivity contribution in [2.45, 2.75) is 37.8 Å². The highest BCUT2D eigenvalue weighted by atomic mass is 16.3. The zero-order chi connectivity index (χ0) is 13.2. The molecule has 1 fully saturated rings. The Bertz CT molecular complexity index is 558. The Hall–Kier alpha value is -1.88. The molecule has 2 aromatic heterocycles. The lowest BCUT2D eigenvalue weighted by Gasteiger charge is -2.27. The fourth-order valence-electron chi connectivity index (χ4n) is 2.76. The highest BCUT2D eigenvalue weighted by Gasteiger charge is 2.22. The number of nitrogens with two attached hydrogens (primary N) is 1. The van der Waals surface area contributed by atoms with Crippen molar-refractivity contribution in [3.63, 3.8) is 0 Å². The van der Waals surface area contributed by atoms with Crippen LogP contribution in [0.15, 0.2) is 30.9 Å². The number of aromatic nitrogens is 3. The second-order valence-electron chi connectivity index (χ2n) is 5.12. The van der Waals surface area contributed by atoms with Crippen molar-refractivity contribution in [1.82, 2.24) is 14.5 Å². The molecule has 0 amide bonds. The summed E-state index contributed by atoms with van der Waals surface area (Å²) in [4.78, 5) is 8.28. The van der Waals surface area contributed by atoms with Crippen molar-refractivity contribution >= 4 is 5.82 Å². The highest BCUT2D eigenvalue weighted by Crippen LogP contribution is 2.32. The molecule has 1 aliphatic carbocycles. The van der Waals surface area contributed by atoms with E-state index >= 15 is 0 Å². The van der Waals surface area contributed by atoms with Crippen molar-refractivity contribution in [3.8, 4) is 11.3 Å². The third-order valence-corrected chi connectivity index (χ3v) is 3.80. The summed E-state index contributed by atoms with van der Waals surface area (Å²) in [7, 11) is 0. The van der Waals surface area contributed by atoms with Gasteiger partial charge in [-0.25, -0.2) is 9.97 Å². The first-order chi connectivity index (χ1) is 9.24. The molecule has 2 aromatic rings. The maximum atomic E-state index is 9.60. The van der Waals surface area contributed by atoms with Crippen LogP contribution in [0.5, 0.6) is 0 Å². The number of hydrogen-bond donors (Lipinski definition) is 2. The summed E-state index contributed by atoms with van der Waals surface area (Å²) in [5.41, 5.74) is 7.84. The first-order valence-electron chi connectivity index (χ1n) is 6.66. The Morgan fingerprint density at radius 3 is 2.79 bits per heavy atom. The molecule has 5 heteroatoms. The molecule has 19 heavy (non-hydrogen) atoms. The number of nitrogen functional groups attached to an aromatic ring is 1. The van der Waals surface area contributed by atoms with Gasteiger partial charge in [0.05, 0.1) is 24.3 Å². The van der Waals surface area contributed by atoms with Crippen molar-refractivity contribution in [1.29, 1.82) is 0 Å². The average Bonchev–Trinajstić information content (AvgIpc) is 2.89. The van der Waals surface area contributed by atoms with Crippen LogP contribution in [0.3, 0.4) is 0 Å². The van der Waals surface area contributed by atoms with Crippen LogP contribution in [-0.4, -0.2) is 25.7 Å². The Labute approximate surface area is 112 Å². The van der Waals surface area contributed by atoms with E-state index in [-0.39, 0.29) is 6.10 Å². The Balaban J connectivity index is 1.90. The normalized spacial score (nSPS) is 23.4. The van der Waals surface area contributed by atoms with E-state index in [1.807, 2.05) is 24.7 Å². The SMILES string of the molecule is Nc1cc(-c2cncn2C2CCC(O)CC2)ccn1. The summed E-state index contributed by atoms with van der Waals surface area (Å²) in [5.74, 6) is 0.518. The van der Waals surface area contributed by atoms with E-state index in [4.69, 9.17) is 5.73 Å². The van der Waals surface area contributed by atoms with E-state index < -0.39 is 0 Å². The van der Waals surface area contributed by atoms with E-state index in [1.165, 1.54) is 0 Å². The monoisotopic (exact) mass is 258 g/mol. The van der Waals surface area contributed by atoms with E-state index in [0.29, 0.717) is 11.9 Å². The molecule has 0 aromatic carbocycles. The van der Waals surface area contributed by atoms with Gasteiger partial charge in [-0.3, -0.25) is 0 Å². The van der Waals surface area contributed by atoms with Crippen LogP contribution in [0.25, 0.3) is 11.3 Å². The zero-order valence-corrected chi connectivity index (χ0v) is 10.7. The van der Waals surface area contributed by atoms with Gasteiger partial charge >= 0.3 is 0 Å². The van der Waals surface area contributed by atoms with Crippen LogP contribution < -0.4 is 5.73 Å². The predicted molar refractivity (Wildman–Crippen MR) is 73.4 cm³/mol. The number of anilines is 1. The van der Waals surface area contributed by atoms with E-state index in [2.05, 4.69) is 14.5 Å². The molecule has 0 atom stereocenters. The number of aliphatic hydroxyl groups is 1. The molecule has 100 valence electrons. The minimum absolute atomic E-state index is 0.139. The summed E-state index contributed by atoms with van der Waals surface area (Å²) < 4.78 is 2.20. The molecule has 0 aliphatic heterocycles. The molecular weight excluding hydrogens is 240 g/mol. The Morgan fingerprint density at radius 1 is 1.26 bits per heavy atom. The number of imidazole rings is 1. The van der Waals surface area contributed by atoms with Crippen molar-refractivity contribution < 1.29 is 5.11 Å². The highest BCUT2D eigenvalue weighted by molar-refractivity contribution is 5.61. The minimum atomic E-state index is -0.139. The van der Waals surface area contributed by atoms with Crippen molar-refractivity contribution in [2.75, 3.05) is 5.73 Å². The summed E-state index contributed by atoms with van der Waals surface area (Å²) >= 11 is 0. The van der Waals surface area contributed by atoms with Gasteiger partial charge in [0.25, 0.3) is 0 Å². The zero-order valence-electron chi connectivity index (χ0n) is 10.7. The number of aliphatic hydroxyl groups excluding tert-OH is 1. The molecular formula is C14H18N4O. The third kappa shape index (κ3) is 2.46. The fraction of sp³-hybridized carbons (Fsp3) is 0.429. The van der Waals surface area contributed by atoms with E-state index in [0.717, 1.165) is 36.9 Å². The number of nitrogens with zero attached hydrogens (tertiary/aromatic N) is 3. The lowest BCUT2D eigenvalue weighted by molar-refractivity contribution is 0.111. The third-order valence-electron chi connectivity index (χ3n) is 3.80. The van der Waals surface area contributed by atoms with E-state index in [9.17, 15) is 5.11 Å². The number of rotatable bonds is 2. The molecule has 0 unspecified atom stereocenters. The number of hydrogen-bond acceptors (Lipinski definition) is 4. The van der Waals surface area contributed by atoms with Gasteiger partial charge in [-0.05, 0) is 37.8 Å². The fourth-order valence-corrected chi connectivity index (χ4v) is 2.76. The summed E-state index contributed by atoms with van der Waals surface area (Å²) in [6, 6.07) is 4.22. The predicted octanol–water partition coefficient (Wildman–Crippen LogP) is 2.00. The van der Waals surface area contributed by atoms with Crippen LogP contribution in [0.2, 0.25) is 0 Å². The first-order valence-corrected chi connectivity index (χ1v) is 6.66. The van der Waals surface area contributed by atoms with E-state index in [1.54, 1.807) is 6.20 Å². The summed E-state index contributed by atoms with van der Waals surface area (Å²) in [6.07, 6.45) is 9.01. The topological polar surface area (TPSA) is 77.0 Å². The molecule has 0 saturated heterocycles. The second-order valence-corrected chi connectivity index (χ2v) is 5.12. The maximum absolute atomic E-state index is 9.60. The van der Waals surface area contributed by atoms with Crippen molar-refractivity contribution in [3.05, 3.63) is 30.9 Å². The largest absolute Gasteiger partial charge is 0.393 e. The number of pyridine rings is 1. The quantitative estimate of drug-likeness (QED) is 0.863. The average molecular weight is 258 g/mol. The Kier molecular flexibility index (Phi) is 3.21. The molecule has 5 nitrogen and oxygen atoms in total. The summed E-state index contributed by atoms with van der Waals surface area (Å²) in [6.45, 7) is 0. The molecule has 3 N–H and O–H groups in total. The van der Waals surface area contributed by atoms with Gasteiger partial charge in [-0.2, -0.15) is 0 Å². The molecule has 1 saturated carbocycles. The maximum Gasteiger partial charge on any atom is 0.123 e. The van der Waals surface area contributed by atoms with Crippen LogP contribution in [0, 0.1) is 0 Å². The van der Waals surface area contributed by atoms with Gasteiger partial charge in [-0.15, -0.1) is 0 Å². The minimum Gasteiger partial charge on any atom is -0.393 e. The molecule has 0 radical (unpaired) electrons. The Morgan fingerprint density at radius 2 is 2.05 bits per heavy atom. The molecule has 1 aliphatic rings.